The lowest BCUT2D eigenvalue weighted by atomic mass is 9.85. The van der Waals surface area contributed by atoms with Gasteiger partial charge in [0.05, 0.1) is 5.60 Å². The van der Waals surface area contributed by atoms with E-state index in [0.29, 0.717) is 29.6 Å². The molecule has 0 aromatic carbocycles. The molecule has 0 N–H and O–H groups in total. The second-order valence-electron chi connectivity index (χ2n) is 5.52. The number of hydrogen-bond acceptors (Lipinski definition) is 4. The third-order valence-electron chi connectivity index (χ3n) is 5.36. The zero-order chi connectivity index (χ0) is 11.8. The van der Waals surface area contributed by atoms with Gasteiger partial charge in [0.25, 0.3) is 0 Å². The maximum Gasteiger partial charge on any atom is 0.164 e. The van der Waals surface area contributed by atoms with Crippen molar-refractivity contribution >= 4 is 0 Å². The van der Waals surface area contributed by atoms with Gasteiger partial charge in [-0.3, -0.25) is 0 Å². The molecule has 1 saturated heterocycles. The van der Waals surface area contributed by atoms with Crippen molar-refractivity contribution in [2.45, 2.75) is 18.2 Å². The Morgan fingerprint density at radius 1 is 0.941 bits per heavy atom. The summed E-state index contributed by atoms with van der Waals surface area (Å²) in [6.45, 7) is 0. The van der Waals surface area contributed by atoms with Crippen molar-refractivity contribution in [3.05, 3.63) is 12.2 Å². The quantitative estimate of drug-likeness (QED) is 0.688. The first-order valence-corrected chi connectivity index (χ1v) is 6.24. The molecule has 17 heavy (non-hydrogen) atoms. The van der Waals surface area contributed by atoms with E-state index in [2.05, 4.69) is 12.2 Å². The highest BCUT2D eigenvalue weighted by molar-refractivity contribution is 5.40. The van der Waals surface area contributed by atoms with E-state index in [1.807, 2.05) is 7.11 Å². The lowest BCUT2D eigenvalue weighted by molar-refractivity contribution is -0.205. The van der Waals surface area contributed by atoms with Gasteiger partial charge in [0, 0.05) is 50.9 Å². The Balaban J connectivity index is 1.74. The van der Waals surface area contributed by atoms with Gasteiger partial charge in [0.1, 0.15) is 0 Å². The van der Waals surface area contributed by atoms with Crippen LogP contribution in [0.15, 0.2) is 12.2 Å². The van der Waals surface area contributed by atoms with E-state index in [4.69, 9.17) is 18.9 Å². The minimum absolute atomic E-state index is 0.0344. The second kappa shape index (κ2) is 3.12. The average molecular weight is 238 g/mol. The van der Waals surface area contributed by atoms with Crippen molar-refractivity contribution in [3.63, 3.8) is 0 Å². The van der Waals surface area contributed by atoms with Gasteiger partial charge in [-0.05, 0) is 0 Å². The molecule has 0 unspecified atom stereocenters. The van der Waals surface area contributed by atoms with E-state index >= 15 is 0 Å². The monoisotopic (exact) mass is 238 g/mol. The van der Waals surface area contributed by atoms with Crippen molar-refractivity contribution < 1.29 is 18.9 Å². The molecule has 3 fully saturated rings. The number of fused-ring (bicyclic) bond motifs is 4. The fourth-order valence-corrected chi connectivity index (χ4v) is 4.84. The molecular weight excluding hydrogens is 220 g/mol. The average Bonchev–Trinajstić information content (AvgIpc) is 2.64. The number of ether oxygens (including phenoxy) is 4. The molecule has 0 aromatic rings. The van der Waals surface area contributed by atoms with Crippen molar-refractivity contribution in [3.8, 4) is 0 Å². The molecule has 0 bridgehead atoms. The Hall–Kier alpha value is -0.420. The van der Waals surface area contributed by atoms with Gasteiger partial charge in [0.2, 0.25) is 0 Å². The van der Waals surface area contributed by atoms with E-state index in [1.165, 1.54) is 0 Å². The van der Waals surface area contributed by atoms with Crippen LogP contribution in [0.2, 0.25) is 0 Å². The number of hydrogen-bond donors (Lipinski definition) is 0. The van der Waals surface area contributed by atoms with E-state index in [0.717, 1.165) is 0 Å². The smallest absolute Gasteiger partial charge is 0.164 e. The van der Waals surface area contributed by atoms with Gasteiger partial charge >= 0.3 is 0 Å². The summed E-state index contributed by atoms with van der Waals surface area (Å²) >= 11 is 0. The third-order valence-corrected chi connectivity index (χ3v) is 5.36. The van der Waals surface area contributed by atoms with Crippen LogP contribution in [0.4, 0.5) is 0 Å². The zero-order valence-corrected chi connectivity index (χ0v) is 10.3. The predicted molar refractivity (Wildman–Crippen MR) is 59.0 cm³/mol. The fraction of sp³-hybridized carbons (Fsp3) is 0.846. The molecule has 4 heteroatoms. The lowest BCUT2D eigenvalue weighted by Crippen LogP contribution is -2.32. The Morgan fingerprint density at radius 2 is 1.59 bits per heavy atom. The minimum atomic E-state index is -0.154. The topological polar surface area (TPSA) is 36.9 Å². The molecule has 0 radical (unpaired) electrons. The Bertz CT molecular complexity index is 382. The second-order valence-corrected chi connectivity index (χ2v) is 5.52. The van der Waals surface area contributed by atoms with Gasteiger partial charge in [0.15, 0.2) is 12.6 Å². The van der Waals surface area contributed by atoms with Crippen LogP contribution >= 0.6 is 0 Å². The highest BCUT2D eigenvalue weighted by atomic mass is 16.8. The summed E-state index contributed by atoms with van der Waals surface area (Å²) in [6, 6.07) is 0. The molecule has 4 rings (SSSR count). The summed E-state index contributed by atoms with van der Waals surface area (Å²) in [7, 11) is 5.25. The Morgan fingerprint density at radius 3 is 2.24 bits per heavy atom. The van der Waals surface area contributed by atoms with Crippen LogP contribution in [0.5, 0.6) is 0 Å². The highest BCUT2D eigenvalue weighted by Crippen LogP contribution is 2.76. The van der Waals surface area contributed by atoms with Crippen molar-refractivity contribution in [2.24, 2.45) is 29.6 Å². The summed E-state index contributed by atoms with van der Waals surface area (Å²) < 4.78 is 22.6. The first kappa shape index (κ1) is 10.5. The molecule has 3 aliphatic carbocycles. The number of methoxy groups -OCH3 is 3. The van der Waals surface area contributed by atoms with Crippen LogP contribution in [0.1, 0.15) is 0 Å². The first-order chi connectivity index (χ1) is 8.29. The predicted octanol–water partition coefficient (Wildman–Crippen LogP) is 1.02. The van der Waals surface area contributed by atoms with Crippen LogP contribution in [0.25, 0.3) is 0 Å². The molecule has 94 valence electrons. The summed E-state index contributed by atoms with van der Waals surface area (Å²) in [5.74, 6) is 2.34. The van der Waals surface area contributed by atoms with E-state index in [9.17, 15) is 0 Å². The van der Waals surface area contributed by atoms with Gasteiger partial charge < -0.3 is 18.9 Å². The van der Waals surface area contributed by atoms with Gasteiger partial charge in [-0.25, -0.2) is 0 Å². The summed E-state index contributed by atoms with van der Waals surface area (Å²) in [6.07, 6.45) is 4.32. The van der Waals surface area contributed by atoms with Crippen molar-refractivity contribution in [1.29, 1.82) is 0 Å². The number of rotatable bonds is 3. The maximum atomic E-state index is 5.85. The van der Waals surface area contributed by atoms with Crippen LogP contribution in [-0.2, 0) is 18.9 Å². The molecule has 2 saturated carbocycles. The molecule has 0 aromatic heterocycles. The van der Waals surface area contributed by atoms with Gasteiger partial charge in [-0.1, -0.05) is 12.2 Å². The van der Waals surface area contributed by atoms with E-state index in [-0.39, 0.29) is 18.2 Å². The normalized spacial score (nSPS) is 61.7. The van der Waals surface area contributed by atoms with E-state index in [1.54, 1.807) is 14.2 Å². The van der Waals surface area contributed by atoms with Crippen LogP contribution in [0, 0.1) is 29.6 Å². The van der Waals surface area contributed by atoms with Crippen LogP contribution < -0.4 is 0 Å². The summed E-state index contributed by atoms with van der Waals surface area (Å²) in [4.78, 5) is 0. The molecule has 4 nitrogen and oxygen atoms in total. The molecule has 1 heterocycles. The summed E-state index contributed by atoms with van der Waals surface area (Å²) in [5, 5.41) is 0. The SMILES string of the molecule is CO[C@H]1O[C@@H](OC)[C@H]2[C@@H]1[C@@H]1[C@@H]3C=C[C@H]2[C@@]13OC. The third kappa shape index (κ3) is 0.930. The minimum Gasteiger partial charge on any atom is -0.377 e. The zero-order valence-electron chi connectivity index (χ0n) is 10.3. The van der Waals surface area contributed by atoms with E-state index < -0.39 is 0 Å². The molecule has 8 atom stereocenters. The van der Waals surface area contributed by atoms with Gasteiger partial charge in [-0.15, -0.1) is 0 Å². The Kier molecular flexibility index (Phi) is 1.93. The highest BCUT2D eigenvalue weighted by Gasteiger charge is 2.83. The fourth-order valence-electron chi connectivity index (χ4n) is 4.84. The largest absolute Gasteiger partial charge is 0.377 e. The molecule has 1 aliphatic heterocycles. The first-order valence-electron chi connectivity index (χ1n) is 6.24. The van der Waals surface area contributed by atoms with Crippen LogP contribution in [0.3, 0.4) is 0 Å². The van der Waals surface area contributed by atoms with Gasteiger partial charge in [-0.2, -0.15) is 0 Å². The van der Waals surface area contributed by atoms with Crippen LogP contribution in [-0.4, -0.2) is 39.5 Å². The maximum absolute atomic E-state index is 5.85. The lowest BCUT2D eigenvalue weighted by Gasteiger charge is -2.25. The molecule has 0 spiro atoms. The van der Waals surface area contributed by atoms with Crippen molar-refractivity contribution in [2.75, 3.05) is 21.3 Å². The molecular formula is C13H18O4. The molecule has 0 amide bonds. The van der Waals surface area contributed by atoms with Crippen molar-refractivity contribution in [1.82, 2.24) is 0 Å². The molecule has 4 aliphatic rings. The summed E-state index contributed by atoms with van der Waals surface area (Å²) in [5.41, 5.74) is 0.0344. The standard InChI is InChI=1S/C13H18O4/c1-14-11-8-6-4-5-7-10(13(6,7)16-3)9(8)12(15-2)17-11/h4-12H,1-3H3/t6-,7+,8-,9-,10+,11-,12+,13+/m1/s1. The Labute approximate surface area is 101 Å².